The molecule has 2 aromatic heterocycles. The molecule has 2 heterocycles. The Morgan fingerprint density at radius 2 is 1.00 bits per heavy atom. The standard InChI is InChI=1S/C40H42Br2F6N4O8/c1-23-25(19-57-37-31(41)15-27(17-49-13-5-11-33(53)54)35(51-37)59-21-39(43,44)45)7-3-9-29(23)30-10-4-8-26(24(30)2)20-58-38-32(42)16-28(18-50-14-6-12-34(55)56)36(52-38)60-22-40(46,47)48/h3-4,7-10,15-16,49-50H,5-6,11-14,17-22H2,1-2H3,(H,53,54)(H,55,56). The van der Waals surface area contributed by atoms with Crippen LogP contribution in [0.15, 0.2) is 57.5 Å². The minimum Gasteiger partial charge on any atom is -0.481 e. The Morgan fingerprint density at radius 3 is 1.35 bits per heavy atom. The number of rotatable bonds is 23. The first kappa shape index (κ1) is 48.0. The van der Waals surface area contributed by atoms with Crippen molar-refractivity contribution in [3.63, 3.8) is 0 Å². The van der Waals surface area contributed by atoms with Gasteiger partial charge in [-0.3, -0.25) is 9.59 Å². The van der Waals surface area contributed by atoms with E-state index in [1.807, 2.05) is 50.2 Å². The van der Waals surface area contributed by atoms with Gasteiger partial charge in [-0.05, 0) is 117 Å². The summed E-state index contributed by atoms with van der Waals surface area (Å²) in [5.41, 5.74) is 5.50. The van der Waals surface area contributed by atoms with Crippen molar-refractivity contribution in [3.05, 3.63) is 90.9 Å². The van der Waals surface area contributed by atoms with Crippen LogP contribution in [-0.2, 0) is 35.9 Å². The Balaban J connectivity index is 1.50. The molecule has 326 valence electrons. The molecule has 0 fully saturated rings. The van der Waals surface area contributed by atoms with Gasteiger partial charge in [0.25, 0.3) is 0 Å². The van der Waals surface area contributed by atoms with Crippen molar-refractivity contribution in [1.29, 1.82) is 0 Å². The predicted molar refractivity (Wildman–Crippen MR) is 214 cm³/mol. The molecule has 0 saturated heterocycles. The van der Waals surface area contributed by atoms with Gasteiger partial charge in [-0.2, -0.15) is 36.3 Å². The largest absolute Gasteiger partial charge is 0.481 e. The van der Waals surface area contributed by atoms with Gasteiger partial charge in [0.15, 0.2) is 13.2 Å². The molecule has 20 heteroatoms. The number of alkyl halides is 6. The Labute approximate surface area is 358 Å². The zero-order chi connectivity index (χ0) is 44.0. The van der Waals surface area contributed by atoms with E-state index in [1.54, 1.807) is 0 Å². The Morgan fingerprint density at radius 1 is 0.617 bits per heavy atom. The third kappa shape index (κ3) is 15.4. The van der Waals surface area contributed by atoms with E-state index in [-0.39, 0.29) is 62.7 Å². The van der Waals surface area contributed by atoms with Crippen LogP contribution in [0.4, 0.5) is 26.3 Å². The molecule has 12 nitrogen and oxygen atoms in total. The van der Waals surface area contributed by atoms with Crippen molar-refractivity contribution in [2.45, 2.75) is 78.2 Å². The fourth-order valence-electron chi connectivity index (χ4n) is 5.72. The molecule has 0 atom stereocenters. The lowest BCUT2D eigenvalue weighted by Gasteiger charge is -2.18. The van der Waals surface area contributed by atoms with Gasteiger partial charge in [0.05, 0.1) is 8.95 Å². The van der Waals surface area contributed by atoms with Crippen LogP contribution in [0.1, 0.15) is 59.1 Å². The topological polar surface area (TPSA) is 161 Å². The summed E-state index contributed by atoms with van der Waals surface area (Å²) in [6.45, 7) is 1.35. The maximum atomic E-state index is 13.1. The van der Waals surface area contributed by atoms with Crippen LogP contribution in [0.2, 0.25) is 0 Å². The molecule has 4 rings (SSSR count). The first-order valence-electron chi connectivity index (χ1n) is 18.4. The molecule has 60 heavy (non-hydrogen) atoms. The normalized spacial score (nSPS) is 11.7. The SMILES string of the molecule is Cc1c(COc2nc(OCC(F)(F)F)c(CNCCCC(=O)O)cc2Br)cccc1-c1cccc(COc2nc(OCC(F)(F)F)c(CNCCCC(=O)O)cc2Br)c1C. The minimum atomic E-state index is -4.62. The molecule has 0 saturated carbocycles. The molecular weight excluding hydrogens is 938 g/mol. The summed E-state index contributed by atoms with van der Waals surface area (Å²) in [6, 6.07) is 14.2. The molecule has 0 amide bonds. The monoisotopic (exact) mass is 978 g/mol. The van der Waals surface area contributed by atoms with E-state index in [0.717, 1.165) is 33.4 Å². The zero-order valence-electron chi connectivity index (χ0n) is 32.4. The number of ether oxygens (including phenoxy) is 4. The van der Waals surface area contributed by atoms with E-state index in [4.69, 9.17) is 29.2 Å². The van der Waals surface area contributed by atoms with Crippen LogP contribution in [0.3, 0.4) is 0 Å². The van der Waals surface area contributed by atoms with Crippen molar-refractivity contribution in [2.24, 2.45) is 0 Å². The number of hydrogen-bond acceptors (Lipinski definition) is 10. The zero-order valence-corrected chi connectivity index (χ0v) is 35.5. The number of carboxylic acid groups (broad SMARTS) is 2. The van der Waals surface area contributed by atoms with Gasteiger partial charge >= 0.3 is 24.3 Å². The van der Waals surface area contributed by atoms with Crippen LogP contribution in [0, 0.1) is 13.8 Å². The van der Waals surface area contributed by atoms with Gasteiger partial charge in [0.1, 0.15) is 13.2 Å². The molecule has 0 spiro atoms. The van der Waals surface area contributed by atoms with Crippen molar-refractivity contribution in [1.82, 2.24) is 20.6 Å². The molecule has 0 bridgehead atoms. The van der Waals surface area contributed by atoms with E-state index in [2.05, 4.69) is 52.5 Å². The number of aliphatic carboxylic acids is 2. The van der Waals surface area contributed by atoms with E-state index >= 15 is 0 Å². The fraction of sp³-hybridized carbons (Fsp3) is 0.400. The van der Waals surface area contributed by atoms with Crippen molar-refractivity contribution in [2.75, 3.05) is 26.3 Å². The summed E-state index contributed by atoms with van der Waals surface area (Å²) in [6.07, 6.45) is -8.75. The minimum absolute atomic E-state index is 0.00583. The van der Waals surface area contributed by atoms with E-state index in [0.29, 0.717) is 46.0 Å². The van der Waals surface area contributed by atoms with Crippen LogP contribution in [0.5, 0.6) is 23.5 Å². The van der Waals surface area contributed by atoms with Crippen molar-refractivity contribution in [3.8, 4) is 34.6 Å². The van der Waals surface area contributed by atoms with Gasteiger partial charge in [-0.1, -0.05) is 36.4 Å². The van der Waals surface area contributed by atoms with Crippen molar-refractivity contribution >= 4 is 43.8 Å². The van der Waals surface area contributed by atoms with Gasteiger partial charge in [0.2, 0.25) is 23.5 Å². The Bertz CT molecular complexity index is 1960. The lowest BCUT2D eigenvalue weighted by atomic mass is 9.92. The second-order valence-corrected chi connectivity index (χ2v) is 15.1. The number of halogens is 8. The number of nitrogens with one attached hydrogen (secondary N) is 2. The highest BCUT2D eigenvalue weighted by Crippen LogP contribution is 2.35. The molecule has 0 aliphatic heterocycles. The molecule has 2 aromatic carbocycles. The summed E-state index contributed by atoms with van der Waals surface area (Å²) in [5, 5.41) is 23.7. The molecule has 0 radical (unpaired) electrons. The lowest BCUT2D eigenvalue weighted by molar-refractivity contribution is -0.154. The number of pyridine rings is 2. The second-order valence-electron chi connectivity index (χ2n) is 13.4. The lowest BCUT2D eigenvalue weighted by Crippen LogP contribution is -2.22. The first-order chi connectivity index (χ1) is 28.3. The van der Waals surface area contributed by atoms with Gasteiger partial charge < -0.3 is 39.8 Å². The molecule has 4 aromatic rings. The van der Waals surface area contributed by atoms with Crippen LogP contribution in [-0.4, -0.2) is 70.8 Å². The summed E-state index contributed by atoms with van der Waals surface area (Å²) in [5.74, 6) is -2.52. The van der Waals surface area contributed by atoms with Crippen LogP contribution < -0.4 is 29.6 Å². The molecular formula is C40H42Br2F6N4O8. The van der Waals surface area contributed by atoms with E-state index in [1.165, 1.54) is 12.1 Å². The van der Waals surface area contributed by atoms with Gasteiger partial charge in [-0.15, -0.1) is 0 Å². The first-order valence-corrected chi connectivity index (χ1v) is 20.0. The maximum absolute atomic E-state index is 13.1. The third-order valence-electron chi connectivity index (χ3n) is 8.74. The average molecular weight is 981 g/mol. The van der Waals surface area contributed by atoms with Gasteiger partial charge in [-0.25, -0.2) is 0 Å². The Hall–Kier alpha value is -4.66. The van der Waals surface area contributed by atoms with Crippen LogP contribution >= 0.6 is 31.9 Å². The summed E-state index contributed by atoms with van der Waals surface area (Å²) in [4.78, 5) is 30.1. The average Bonchev–Trinajstić information content (AvgIpc) is 3.16. The third-order valence-corrected chi connectivity index (χ3v) is 9.88. The highest BCUT2D eigenvalue weighted by molar-refractivity contribution is 9.10. The van der Waals surface area contributed by atoms with Crippen molar-refractivity contribution < 1.29 is 65.1 Å². The highest BCUT2D eigenvalue weighted by atomic mass is 79.9. The highest BCUT2D eigenvalue weighted by Gasteiger charge is 2.31. The summed E-state index contributed by atoms with van der Waals surface area (Å²) < 4.78 is 101. The quantitative estimate of drug-likeness (QED) is 0.0413. The predicted octanol–water partition coefficient (Wildman–Crippen LogP) is 9.23. The number of benzene rings is 2. The maximum Gasteiger partial charge on any atom is 0.422 e. The van der Waals surface area contributed by atoms with Crippen LogP contribution in [0.25, 0.3) is 11.1 Å². The number of carbonyl (C=O) groups is 2. The van der Waals surface area contributed by atoms with E-state index in [9.17, 15) is 35.9 Å². The fourth-order valence-corrected chi connectivity index (χ4v) is 6.68. The summed E-state index contributed by atoms with van der Waals surface area (Å²) in [7, 11) is 0. The number of aromatic nitrogens is 2. The smallest absolute Gasteiger partial charge is 0.422 e. The van der Waals surface area contributed by atoms with E-state index < -0.39 is 37.5 Å². The summed E-state index contributed by atoms with van der Waals surface area (Å²) >= 11 is 6.78. The Kier molecular flexibility index (Phi) is 17.8. The molecule has 0 unspecified atom stereocenters. The molecule has 4 N–H and O–H groups in total. The van der Waals surface area contributed by atoms with Gasteiger partial charge in [0, 0.05) is 37.1 Å². The number of hydrogen-bond donors (Lipinski definition) is 4. The second kappa shape index (κ2) is 22.3. The number of nitrogens with zero attached hydrogens (tertiary/aromatic N) is 2. The molecule has 0 aliphatic rings. The number of carboxylic acids is 2. The molecule has 0 aliphatic carbocycles.